The number of nitrogens with one attached hydrogen (secondary N) is 1. The van der Waals surface area contributed by atoms with Gasteiger partial charge in [0.25, 0.3) is 0 Å². The molecular formula is C15H22N2O. The molecule has 1 aromatic rings. The van der Waals surface area contributed by atoms with E-state index in [1.807, 2.05) is 4.90 Å². The smallest absolute Gasteiger partial charge is 0.222 e. The van der Waals surface area contributed by atoms with E-state index in [0.717, 1.165) is 26.1 Å². The van der Waals surface area contributed by atoms with Crippen LogP contribution in [0, 0.1) is 6.92 Å². The minimum Gasteiger partial charge on any atom is -0.341 e. The number of hydrogen-bond acceptors (Lipinski definition) is 2. The summed E-state index contributed by atoms with van der Waals surface area (Å²) >= 11 is 0. The number of carbonyl (C=O) groups excluding carboxylic acids is 1. The van der Waals surface area contributed by atoms with E-state index in [9.17, 15) is 4.79 Å². The maximum absolute atomic E-state index is 11.7. The van der Waals surface area contributed by atoms with Crippen LogP contribution in [0.2, 0.25) is 0 Å². The number of aryl methyl sites for hydroxylation is 1. The molecule has 1 heterocycles. The predicted octanol–water partition coefficient (Wildman–Crippen LogP) is 2.27. The lowest BCUT2D eigenvalue weighted by molar-refractivity contribution is -0.128. The summed E-state index contributed by atoms with van der Waals surface area (Å²) in [5.41, 5.74) is 2.54. The van der Waals surface area contributed by atoms with Gasteiger partial charge in [-0.25, -0.2) is 0 Å². The molecule has 1 fully saturated rings. The standard InChI is InChI=1S/C15H22N2O/c1-3-16-14(11-17-9-5-8-15(17)18)13-7-4-6-12(2)10-13/h4,6-7,10,14,16H,3,5,8-9,11H2,1-2H3. The van der Waals surface area contributed by atoms with Crippen molar-refractivity contribution >= 4 is 5.91 Å². The first kappa shape index (κ1) is 13.1. The van der Waals surface area contributed by atoms with Crippen molar-refractivity contribution < 1.29 is 4.79 Å². The number of amides is 1. The van der Waals surface area contributed by atoms with Crippen LogP contribution < -0.4 is 5.32 Å². The van der Waals surface area contributed by atoms with Crippen molar-refractivity contribution in [3.05, 3.63) is 35.4 Å². The average molecular weight is 246 g/mol. The van der Waals surface area contributed by atoms with Gasteiger partial charge in [-0.2, -0.15) is 0 Å². The van der Waals surface area contributed by atoms with E-state index in [2.05, 4.69) is 43.4 Å². The molecule has 0 aromatic heterocycles. The first-order valence-corrected chi connectivity index (χ1v) is 6.78. The quantitative estimate of drug-likeness (QED) is 0.864. The van der Waals surface area contributed by atoms with Crippen LogP contribution in [0.15, 0.2) is 24.3 Å². The molecule has 0 saturated carbocycles. The fourth-order valence-electron chi connectivity index (χ4n) is 2.54. The Morgan fingerprint density at radius 3 is 2.89 bits per heavy atom. The Morgan fingerprint density at radius 1 is 1.44 bits per heavy atom. The van der Waals surface area contributed by atoms with Gasteiger partial charge in [0.1, 0.15) is 0 Å². The largest absolute Gasteiger partial charge is 0.341 e. The third kappa shape index (κ3) is 3.10. The van der Waals surface area contributed by atoms with Crippen LogP contribution in [-0.2, 0) is 4.79 Å². The number of likely N-dealkylation sites (N-methyl/N-ethyl adjacent to an activating group) is 1. The summed E-state index contributed by atoms with van der Waals surface area (Å²) in [6.07, 6.45) is 1.72. The summed E-state index contributed by atoms with van der Waals surface area (Å²) in [5.74, 6) is 0.297. The summed E-state index contributed by atoms with van der Waals surface area (Å²) in [5, 5.41) is 3.48. The molecule has 3 nitrogen and oxygen atoms in total. The third-order valence-electron chi connectivity index (χ3n) is 3.47. The molecule has 1 saturated heterocycles. The summed E-state index contributed by atoms with van der Waals surface area (Å²) in [6.45, 7) is 6.82. The zero-order chi connectivity index (χ0) is 13.0. The first-order chi connectivity index (χ1) is 8.70. The molecule has 1 amide bonds. The first-order valence-electron chi connectivity index (χ1n) is 6.78. The normalized spacial score (nSPS) is 17.2. The highest BCUT2D eigenvalue weighted by Gasteiger charge is 2.23. The van der Waals surface area contributed by atoms with Gasteiger partial charge in [-0.05, 0) is 25.5 Å². The second-order valence-corrected chi connectivity index (χ2v) is 4.97. The van der Waals surface area contributed by atoms with E-state index in [4.69, 9.17) is 0 Å². The van der Waals surface area contributed by atoms with Crippen molar-refractivity contribution in [2.45, 2.75) is 32.7 Å². The van der Waals surface area contributed by atoms with Gasteiger partial charge >= 0.3 is 0 Å². The monoisotopic (exact) mass is 246 g/mol. The zero-order valence-electron chi connectivity index (χ0n) is 11.3. The summed E-state index contributed by atoms with van der Waals surface area (Å²) in [7, 11) is 0. The van der Waals surface area contributed by atoms with Gasteiger partial charge in [-0.3, -0.25) is 4.79 Å². The topological polar surface area (TPSA) is 32.3 Å². The SMILES string of the molecule is CCNC(CN1CCCC1=O)c1cccc(C)c1. The lowest BCUT2D eigenvalue weighted by Gasteiger charge is -2.25. The van der Waals surface area contributed by atoms with E-state index < -0.39 is 0 Å². The second kappa shape index (κ2) is 6.01. The van der Waals surface area contributed by atoms with Crippen molar-refractivity contribution in [3.63, 3.8) is 0 Å². The Hall–Kier alpha value is -1.35. The molecule has 2 rings (SSSR count). The van der Waals surface area contributed by atoms with E-state index in [1.165, 1.54) is 11.1 Å². The number of nitrogens with zero attached hydrogens (tertiary/aromatic N) is 1. The van der Waals surface area contributed by atoms with Crippen LogP contribution in [-0.4, -0.2) is 30.4 Å². The van der Waals surface area contributed by atoms with Crippen LogP contribution in [0.4, 0.5) is 0 Å². The van der Waals surface area contributed by atoms with Gasteiger partial charge in [0.2, 0.25) is 5.91 Å². The number of likely N-dealkylation sites (tertiary alicyclic amines) is 1. The molecule has 1 aliphatic rings. The van der Waals surface area contributed by atoms with Crippen LogP contribution in [0.25, 0.3) is 0 Å². The summed E-state index contributed by atoms with van der Waals surface area (Å²) in [6, 6.07) is 8.78. The molecule has 0 bridgehead atoms. The minimum absolute atomic E-state index is 0.247. The summed E-state index contributed by atoms with van der Waals surface area (Å²) in [4.78, 5) is 13.7. The number of benzene rings is 1. The van der Waals surface area contributed by atoms with E-state index >= 15 is 0 Å². The molecule has 1 N–H and O–H groups in total. The number of carbonyl (C=O) groups is 1. The van der Waals surface area contributed by atoms with Gasteiger partial charge in [-0.15, -0.1) is 0 Å². The molecule has 0 radical (unpaired) electrons. The molecule has 1 aliphatic heterocycles. The van der Waals surface area contributed by atoms with E-state index in [1.54, 1.807) is 0 Å². The van der Waals surface area contributed by atoms with E-state index in [0.29, 0.717) is 12.3 Å². The van der Waals surface area contributed by atoms with Crippen LogP contribution in [0.3, 0.4) is 0 Å². The van der Waals surface area contributed by atoms with E-state index in [-0.39, 0.29) is 6.04 Å². The Kier molecular flexibility index (Phi) is 4.37. The molecular weight excluding hydrogens is 224 g/mol. The number of hydrogen-bond donors (Lipinski definition) is 1. The van der Waals surface area contributed by atoms with Gasteiger partial charge in [0.05, 0.1) is 0 Å². The molecule has 1 aromatic carbocycles. The Balaban J connectivity index is 2.10. The maximum atomic E-state index is 11.7. The van der Waals surface area contributed by atoms with Gasteiger partial charge in [0.15, 0.2) is 0 Å². The Bertz CT molecular complexity index is 417. The highest BCUT2D eigenvalue weighted by atomic mass is 16.2. The highest BCUT2D eigenvalue weighted by Crippen LogP contribution is 2.19. The van der Waals surface area contributed by atoms with Gasteiger partial charge in [0, 0.05) is 25.6 Å². The van der Waals surface area contributed by atoms with Crippen molar-refractivity contribution in [2.24, 2.45) is 0 Å². The minimum atomic E-state index is 0.247. The average Bonchev–Trinajstić information content (AvgIpc) is 2.74. The second-order valence-electron chi connectivity index (χ2n) is 4.97. The van der Waals surface area contributed by atoms with Crippen molar-refractivity contribution in [1.29, 1.82) is 0 Å². The summed E-state index contributed by atoms with van der Waals surface area (Å²) < 4.78 is 0. The fraction of sp³-hybridized carbons (Fsp3) is 0.533. The van der Waals surface area contributed by atoms with Crippen LogP contribution >= 0.6 is 0 Å². The van der Waals surface area contributed by atoms with Crippen LogP contribution in [0.1, 0.15) is 36.9 Å². The lowest BCUT2D eigenvalue weighted by Crippen LogP contribution is -2.35. The molecule has 18 heavy (non-hydrogen) atoms. The van der Waals surface area contributed by atoms with Crippen molar-refractivity contribution in [2.75, 3.05) is 19.6 Å². The zero-order valence-corrected chi connectivity index (χ0v) is 11.3. The molecule has 1 unspecified atom stereocenters. The predicted molar refractivity (Wildman–Crippen MR) is 73.4 cm³/mol. The van der Waals surface area contributed by atoms with Crippen molar-refractivity contribution in [3.8, 4) is 0 Å². The Labute approximate surface area is 109 Å². The molecule has 98 valence electrons. The van der Waals surface area contributed by atoms with Crippen molar-refractivity contribution in [1.82, 2.24) is 10.2 Å². The highest BCUT2D eigenvalue weighted by molar-refractivity contribution is 5.78. The maximum Gasteiger partial charge on any atom is 0.222 e. The fourth-order valence-corrected chi connectivity index (χ4v) is 2.54. The van der Waals surface area contributed by atoms with Gasteiger partial charge < -0.3 is 10.2 Å². The molecule has 3 heteroatoms. The van der Waals surface area contributed by atoms with Gasteiger partial charge in [-0.1, -0.05) is 36.8 Å². The lowest BCUT2D eigenvalue weighted by atomic mass is 10.0. The molecule has 1 atom stereocenters. The molecule has 0 aliphatic carbocycles. The number of rotatable bonds is 5. The van der Waals surface area contributed by atoms with Crippen LogP contribution in [0.5, 0.6) is 0 Å². The molecule has 0 spiro atoms. The third-order valence-corrected chi connectivity index (χ3v) is 3.47. The Morgan fingerprint density at radius 2 is 2.28 bits per heavy atom.